The molecule has 41 heavy (non-hydrogen) atoms. The van der Waals surface area contributed by atoms with E-state index in [9.17, 15) is 13.6 Å². The maximum absolute atomic E-state index is 12.7. The van der Waals surface area contributed by atoms with Crippen molar-refractivity contribution in [2.75, 3.05) is 0 Å². The van der Waals surface area contributed by atoms with Gasteiger partial charge in [-0.2, -0.15) is 8.78 Å². The Bertz CT molecular complexity index is 1580. The Morgan fingerprint density at radius 1 is 0.951 bits per heavy atom. The number of rotatable bonds is 10. The summed E-state index contributed by atoms with van der Waals surface area (Å²) >= 11 is 7.94. The second-order valence-electron chi connectivity index (χ2n) is 8.79. The lowest BCUT2D eigenvalue weighted by Crippen LogP contribution is -3.00. The number of carbonyl (C=O) groups is 1. The zero-order valence-electron chi connectivity index (χ0n) is 21.5. The van der Waals surface area contributed by atoms with E-state index in [4.69, 9.17) is 16.3 Å². The number of H-pyrrole nitrogens is 1. The number of carbonyl (C=O) groups excluding carboxylic acids is 1. The van der Waals surface area contributed by atoms with Gasteiger partial charge in [-0.05, 0) is 71.1 Å². The van der Waals surface area contributed by atoms with Crippen molar-refractivity contribution in [3.8, 4) is 33.1 Å². The lowest BCUT2D eigenvalue weighted by molar-refractivity contribution is -0.378. The summed E-state index contributed by atoms with van der Waals surface area (Å²) in [5.41, 5.74) is 5.07. The van der Waals surface area contributed by atoms with Gasteiger partial charge in [-0.1, -0.05) is 35.9 Å². The number of thiophene rings is 1. The molecule has 2 aromatic heterocycles. The highest BCUT2D eigenvalue weighted by atomic mass is 35.5. The number of ether oxygens (including phenoxy) is 2. The Morgan fingerprint density at radius 3 is 2.44 bits per heavy atom. The number of aromatic amines is 1. The monoisotopic (exact) mass is 612 g/mol. The first kappa shape index (κ1) is 30.0. The first-order valence-electron chi connectivity index (χ1n) is 12.3. The molecule has 5 rings (SSSR count). The van der Waals surface area contributed by atoms with Gasteiger partial charge in [0.1, 0.15) is 18.1 Å². The first-order valence-corrected chi connectivity index (χ1v) is 13.6. The van der Waals surface area contributed by atoms with E-state index in [-0.39, 0.29) is 30.7 Å². The van der Waals surface area contributed by atoms with Crippen LogP contribution in [-0.4, -0.2) is 12.5 Å². The Kier molecular flexibility index (Phi) is 10.3. The Labute approximate surface area is 251 Å². The van der Waals surface area contributed by atoms with Crippen LogP contribution in [0.5, 0.6) is 11.5 Å². The van der Waals surface area contributed by atoms with E-state index in [1.807, 2.05) is 72.4 Å². The number of benzene rings is 3. The average molecular weight is 614 g/mol. The summed E-state index contributed by atoms with van der Waals surface area (Å²) in [6.45, 7) is -2.21. The van der Waals surface area contributed by atoms with Gasteiger partial charge in [0.2, 0.25) is 0 Å². The van der Waals surface area contributed by atoms with Gasteiger partial charge in [-0.3, -0.25) is 4.79 Å². The molecule has 0 spiro atoms. The summed E-state index contributed by atoms with van der Waals surface area (Å²) in [6.07, 6.45) is 3.66. The fourth-order valence-corrected chi connectivity index (χ4v) is 5.20. The molecular weight excluding hydrogens is 589 g/mol. The van der Waals surface area contributed by atoms with E-state index < -0.39 is 6.61 Å². The van der Waals surface area contributed by atoms with Crippen LogP contribution in [0.4, 0.5) is 8.78 Å². The minimum absolute atomic E-state index is 0. The van der Waals surface area contributed by atoms with Gasteiger partial charge >= 0.3 is 6.61 Å². The number of aromatic nitrogens is 1. The molecule has 5 nitrogen and oxygen atoms in total. The van der Waals surface area contributed by atoms with Gasteiger partial charge in [0, 0.05) is 44.8 Å². The predicted octanol–water partition coefficient (Wildman–Crippen LogP) is 4.66. The number of nitrogens with one attached hydrogen (secondary N) is 2. The van der Waals surface area contributed by atoms with Crippen LogP contribution in [0.1, 0.15) is 21.5 Å². The average Bonchev–Trinajstić information content (AvgIpc) is 3.46. The molecule has 0 saturated heterocycles. The quantitative estimate of drug-likeness (QED) is 0.249. The minimum Gasteiger partial charge on any atom is -1.00 e. The summed E-state index contributed by atoms with van der Waals surface area (Å²) in [4.78, 5) is 16.7. The third kappa shape index (κ3) is 7.82. The smallest absolute Gasteiger partial charge is 0.387 e. The van der Waals surface area contributed by atoms with Crippen molar-refractivity contribution in [3.05, 3.63) is 124 Å². The van der Waals surface area contributed by atoms with Crippen LogP contribution in [0.25, 0.3) is 21.6 Å². The van der Waals surface area contributed by atoms with Crippen molar-refractivity contribution in [3.63, 3.8) is 0 Å². The molecule has 0 saturated carbocycles. The molecule has 0 radical (unpaired) electrons. The SMILES string of the molecule is O=C(NCc1ccc[nH+]c1)c1ccc(-c2sccc2-c2cc(Cl)ccc2OCc2ccc(OC(F)F)cc2)cc1.[Cl-]. The molecule has 5 aromatic rings. The third-order valence-corrected chi connectivity index (χ3v) is 7.27. The largest absolute Gasteiger partial charge is 1.00 e. The Balaban J connectivity index is 0.00000387. The number of alkyl halides is 2. The molecule has 10 heteroatoms. The van der Waals surface area contributed by atoms with Gasteiger partial charge in [0.15, 0.2) is 12.4 Å². The molecular formula is C31H24Cl2F2N2O3S. The summed E-state index contributed by atoms with van der Waals surface area (Å²) in [6, 6.07) is 25.0. The fourth-order valence-electron chi connectivity index (χ4n) is 4.11. The lowest BCUT2D eigenvalue weighted by Gasteiger charge is -2.14. The number of amides is 1. The zero-order chi connectivity index (χ0) is 27.9. The summed E-state index contributed by atoms with van der Waals surface area (Å²) in [5.74, 6) is 0.569. The van der Waals surface area contributed by atoms with E-state index in [0.717, 1.165) is 32.7 Å². The van der Waals surface area contributed by atoms with Crippen molar-refractivity contribution >= 4 is 28.8 Å². The maximum Gasteiger partial charge on any atom is 0.387 e. The van der Waals surface area contributed by atoms with Gasteiger partial charge in [-0.25, -0.2) is 4.98 Å². The van der Waals surface area contributed by atoms with Crippen LogP contribution in [0.15, 0.2) is 103 Å². The van der Waals surface area contributed by atoms with Gasteiger partial charge in [-0.15, -0.1) is 11.3 Å². The molecule has 0 aliphatic rings. The van der Waals surface area contributed by atoms with Crippen LogP contribution >= 0.6 is 22.9 Å². The molecule has 1 amide bonds. The highest BCUT2D eigenvalue weighted by Crippen LogP contribution is 2.42. The van der Waals surface area contributed by atoms with Gasteiger partial charge in [0.25, 0.3) is 5.91 Å². The van der Waals surface area contributed by atoms with E-state index in [1.165, 1.54) is 12.1 Å². The lowest BCUT2D eigenvalue weighted by atomic mass is 10.0. The molecule has 0 unspecified atom stereocenters. The number of hydrogen-bond donors (Lipinski definition) is 1. The van der Waals surface area contributed by atoms with E-state index in [2.05, 4.69) is 15.0 Å². The fraction of sp³-hybridized carbons (Fsp3) is 0.0968. The van der Waals surface area contributed by atoms with Gasteiger partial charge in [0.05, 0.1) is 0 Å². The van der Waals surface area contributed by atoms with Crippen LogP contribution in [0.2, 0.25) is 5.02 Å². The van der Waals surface area contributed by atoms with Crippen LogP contribution in [0, 0.1) is 0 Å². The highest BCUT2D eigenvalue weighted by molar-refractivity contribution is 7.14. The molecule has 2 heterocycles. The predicted molar refractivity (Wildman–Crippen MR) is 152 cm³/mol. The maximum atomic E-state index is 12.7. The molecule has 0 bridgehead atoms. The Morgan fingerprint density at radius 2 is 1.73 bits per heavy atom. The second-order valence-corrected chi connectivity index (χ2v) is 10.1. The summed E-state index contributed by atoms with van der Waals surface area (Å²) in [7, 11) is 0. The van der Waals surface area contributed by atoms with Crippen molar-refractivity contribution in [1.29, 1.82) is 0 Å². The molecule has 0 atom stereocenters. The number of hydrogen-bond acceptors (Lipinski definition) is 4. The molecule has 2 N–H and O–H groups in total. The summed E-state index contributed by atoms with van der Waals surface area (Å²) in [5, 5.41) is 5.49. The molecule has 3 aromatic carbocycles. The topological polar surface area (TPSA) is 61.7 Å². The molecule has 0 fully saturated rings. The normalized spacial score (nSPS) is 10.6. The van der Waals surface area contributed by atoms with E-state index in [1.54, 1.807) is 29.5 Å². The number of halogens is 4. The molecule has 0 aliphatic carbocycles. The highest BCUT2D eigenvalue weighted by Gasteiger charge is 2.16. The van der Waals surface area contributed by atoms with Gasteiger partial charge < -0.3 is 27.2 Å². The van der Waals surface area contributed by atoms with E-state index >= 15 is 0 Å². The zero-order valence-corrected chi connectivity index (χ0v) is 23.8. The van der Waals surface area contributed by atoms with Crippen LogP contribution in [0.3, 0.4) is 0 Å². The molecule has 0 aliphatic heterocycles. The summed E-state index contributed by atoms with van der Waals surface area (Å²) < 4.78 is 35.4. The first-order chi connectivity index (χ1) is 19.5. The second kappa shape index (κ2) is 14.1. The van der Waals surface area contributed by atoms with E-state index in [0.29, 0.717) is 22.9 Å². The van der Waals surface area contributed by atoms with Crippen molar-refractivity contribution in [2.45, 2.75) is 19.8 Å². The van der Waals surface area contributed by atoms with Crippen LogP contribution in [-0.2, 0) is 13.2 Å². The van der Waals surface area contributed by atoms with Crippen LogP contribution < -0.4 is 32.2 Å². The number of pyridine rings is 1. The van der Waals surface area contributed by atoms with Crippen molar-refractivity contribution in [1.82, 2.24) is 5.32 Å². The third-order valence-electron chi connectivity index (χ3n) is 6.07. The Hall–Kier alpha value is -3.98. The minimum atomic E-state index is -2.87. The van der Waals surface area contributed by atoms with Crippen molar-refractivity contribution < 1.29 is 40.4 Å². The van der Waals surface area contributed by atoms with Crippen molar-refractivity contribution in [2.24, 2.45) is 0 Å². The standard InChI is InChI=1S/C31H23ClF2N2O3S.ClH/c32-24-9-12-28(38-19-20-3-10-25(11-4-20)39-31(33)34)27(16-24)26-13-15-40-29(26)22-5-7-23(8-6-22)30(37)36-18-21-2-1-14-35-17-21;/h1-17,31H,18-19H2,(H,36,37);1H. The molecule has 210 valence electrons.